The van der Waals surface area contributed by atoms with Gasteiger partial charge in [0.25, 0.3) is 5.91 Å². The molecule has 0 radical (unpaired) electrons. The van der Waals surface area contributed by atoms with Crippen LogP contribution in [0.3, 0.4) is 0 Å². The lowest BCUT2D eigenvalue weighted by Crippen LogP contribution is -2.56. The van der Waals surface area contributed by atoms with Gasteiger partial charge in [0.05, 0.1) is 29.1 Å². The van der Waals surface area contributed by atoms with Gasteiger partial charge in [0.15, 0.2) is 6.10 Å². The van der Waals surface area contributed by atoms with E-state index in [0.29, 0.717) is 30.4 Å². The lowest BCUT2D eigenvalue weighted by atomic mass is 9.47. The van der Waals surface area contributed by atoms with Crippen LogP contribution in [0.25, 0.3) is 0 Å². The van der Waals surface area contributed by atoms with Gasteiger partial charge in [-0.05, 0) is 76.5 Å². The van der Waals surface area contributed by atoms with Crippen molar-refractivity contribution in [3.63, 3.8) is 0 Å². The van der Waals surface area contributed by atoms with Crippen LogP contribution >= 0.6 is 0 Å². The van der Waals surface area contributed by atoms with Crippen molar-refractivity contribution >= 4 is 17.6 Å². The van der Waals surface area contributed by atoms with Crippen LogP contribution < -0.4 is 5.32 Å². The molecule has 4 fully saturated rings. The van der Waals surface area contributed by atoms with Crippen LogP contribution in [-0.2, 0) is 21.4 Å². The Morgan fingerprint density at radius 1 is 1.29 bits per heavy atom. The second kappa shape index (κ2) is 6.58. The van der Waals surface area contributed by atoms with Crippen molar-refractivity contribution in [2.75, 3.05) is 5.32 Å². The summed E-state index contributed by atoms with van der Waals surface area (Å²) in [6, 6.07) is 0. The maximum absolute atomic E-state index is 12.6. The number of aliphatic hydroxyl groups is 1. The number of hydrogen-bond acceptors (Lipinski definition) is 5. The van der Waals surface area contributed by atoms with Crippen molar-refractivity contribution in [1.82, 2.24) is 9.78 Å². The first-order chi connectivity index (χ1) is 13.1. The minimum absolute atomic E-state index is 0.150. The topological polar surface area (TPSA) is 93.5 Å². The third-order valence-corrected chi connectivity index (χ3v) is 7.11. The fourth-order valence-electron chi connectivity index (χ4n) is 6.39. The number of rotatable bonds is 5. The normalized spacial score (nSPS) is 34.3. The predicted octanol–water partition coefficient (Wildman–Crippen LogP) is 2.63. The van der Waals surface area contributed by atoms with Crippen molar-refractivity contribution in [3.8, 4) is 0 Å². The summed E-state index contributed by atoms with van der Waals surface area (Å²) < 4.78 is 7.19. The molecule has 1 amide bonds. The molecule has 28 heavy (non-hydrogen) atoms. The Morgan fingerprint density at radius 3 is 2.46 bits per heavy atom. The zero-order valence-electron chi connectivity index (χ0n) is 17.2. The highest BCUT2D eigenvalue weighted by atomic mass is 16.5. The van der Waals surface area contributed by atoms with Crippen LogP contribution in [0.4, 0.5) is 5.69 Å². The molecule has 0 aromatic carbocycles. The molecule has 4 aliphatic rings. The van der Waals surface area contributed by atoms with Crippen LogP contribution in [0.1, 0.15) is 63.3 Å². The molecule has 5 atom stereocenters. The number of nitrogens with one attached hydrogen (secondary N) is 1. The summed E-state index contributed by atoms with van der Waals surface area (Å²) in [4.78, 5) is 25.1. The highest BCUT2D eigenvalue weighted by Gasteiger charge is 2.57. The molecule has 2 unspecified atom stereocenters. The molecule has 1 heterocycles. The van der Waals surface area contributed by atoms with E-state index in [1.807, 2.05) is 20.9 Å². The Balaban J connectivity index is 1.36. The van der Waals surface area contributed by atoms with Crippen molar-refractivity contribution in [1.29, 1.82) is 0 Å². The molecule has 4 aliphatic carbocycles. The zero-order chi connectivity index (χ0) is 20.3. The molecule has 7 heteroatoms. The zero-order valence-corrected chi connectivity index (χ0v) is 17.2. The van der Waals surface area contributed by atoms with Crippen LogP contribution in [0.2, 0.25) is 0 Å². The molecule has 1 aromatic rings. The molecule has 4 saturated carbocycles. The van der Waals surface area contributed by atoms with E-state index in [4.69, 9.17) is 4.74 Å². The number of anilines is 1. The first-order valence-corrected chi connectivity index (χ1v) is 10.3. The van der Waals surface area contributed by atoms with Crippen molar-refractivity contribution in [2.24, 2.45) is 24.3 Å². The van der Waals surface area contributed by atoms with Crippen LogP contribution in [0, 0.1) is 31.1 Å². The lowest BCUT2D eigenvalue weighted by molar-refractivity contribution is -0.179. The highest BCUT2D eigenvalue weighted by Crippen LogP contribution is 2.62. The number of aryl methyl sites for hydroxylation is 2. The molecular formula is C21H31N3O4. The molecule has 2 N–H and O–H groups in total. The summed E-state index contributed by atoms with van der Waals surface area (Å²) in [6.45, 7) is 5.31. The molecule has 1 aromatic heterocycles. The largest absolute Gasteiger partial charge is 0.453 e. The first kappa shape index (κ1) is 19.4. The monoisotopic (exact) mass is 389 g/mol. The number of ether oxygens (including phenoxy) is 1. The number of aromatic nitrogens is 2. The van der Waals surface area contributed by atoms with Gasteiger partial charge < -0.3 is 15.2 Å². The molecule has 0 spiro atoms. The average molecular weight is 389 g/mol. The number of amides is 1. The molecule has 7 nitrogen and oxygen atoms in total. The Bertz CT molecular complexity index is 801. The van der Waals surface area contributed by atoms with Gasteiger partial charge in [0, 0.05) is 7.05 Å². The van der Waals surface area contributed by atoms with Gasteiger partial charge in [-0.1, -0.05) is 0 Å². The van der Waals surface area contributed by atoms with Crippen molar-refractivity contribution in [3.05, 3.63) is 11.4 Å². The number of carbonyl (C=O) groups is 2. The molecular weight excluding hydrogens is 358 g/mol. The Hall–Kier alpha value is -1.89. The van der Waals surface area contributed by atoms with Crippen LogP contribution in [-0.4, -0.2) is 38.5 Å². The second-order valence-corrected chi connectivity index (χ2v) is 9.65. The third kappa shape index (κ3) is 3.45. The van der Waals surface area contributed by atoms with Gasteiger partial charge >= 0.3 is 5.97 Å². The molecule has 5 rings (SSSR count). The summed E-state index contributed by atoms with van der Waals surface area (Å²) in [7, 11) is 1.82. The minimum atomic E-state index is -0.872. The fraction of sp³-hybridized carbons (Fsp3) is 0.762. The summed E-state index contributed by atoms with van der Waals surface area (Å²) in [5.41, 5.74) is 1.50. The van der Waals surface area contributed by atoms with E-state index in [-0.39, 0.29) is 17.3 Å². The highest BCUT2D eigenvalue weighted by molar-refractivity contribution is 5.96. The second-order valence-electron chi connectivity index (χ2n) is 9.65. The first-order valence-electron chi connectivity index (χ1n) is 10.3. The van der Waals surface area contributed by atoms with Gasteiger partial charge in [-0.2, -0.15) is 5.10 Å². The standard InChI is InChI=1S/C21H31N3O4/c1-12-18(13(2)24(4)23-12)22-19(26)14(3)28-17(25)10-20-6-15-5-16(7-20)9-21(27,8-15)11-20/h14-16,27H,5-11H2,1-4H3,(H,22,26)/t14-,15-,16+,20?,21?/m1/s1. The number of carbonyl (C=O) groups excluding carboxylic acids is 2. The average Bonchev–Trinajstić information content (AvgIpc) is 2.77. The number of hydrogen-bond donors (Lipinski definition) is 2. The van der Waals surface area contributed by atoms with Gasteiger partial charge in [-0.15, -0.1) is 0 Å². The molecule has 0 saturated heterocycles. The van der Waals surface area contributed by atoms with Crippen molar-refractivity contribution < 1.29 is 19.4 Å². The smallest absolute Gasteiger partial charge is 0.307 e. The molecule has 4 bridgehead atoms. The summed E-state index contributed by atoms with van der Waals surface area (Å²) >= 11 is 0. The maximum atomic E-state index is 12.6. The Labute approximate surface area is 165 Å². The number of esters is 1. The molecule has 0 aliphatic heterocycles. The fourth-order valence-corrected chi connectivity index (χ4v) is 6.39. The summed E-state index contributed by atoms with van der Waals surface area (Å²) in [6.07, 6.45) is 5.05. The predicted molar refractivity (Wildman–Crippen MR) is 104 cm³/mol. The Morgan fingerprint density at radius 2 is 1.93 bits per heavy atom. The SMILES string of the molecule is Cc1nn(C)c(C)c1NC(=O)[C@@H](C)OC(=O)CC12C[C@@H]3C[C@@H](CC(O)(C3)C1)C2. The molecule has 154 valence electrons. The van der Waals surface area contributed by atoms with E-state index in [1.54, 1.807) is 11.6 Å². The van der Waals surface area contributed by atoms with E-state index in [0.717, 1.165) is 37.1 Å². The van der Waals surface area contributed by atoms with E-state index in [2.05, 4.69) is 10.4 Å². The lowest BCUT2D eigenvalue weighted by Gasteiger charge is -2.60. The van der Waals surface area contributed by atoms with E-state index < -0.39 is 11.7 Å². The van der Waals surface area contributed by atoms with Gasteiger partial charge in [0.2, 0.25) is 0 Å². The van der Waals surface area contributed by atoms with Gasteiger partial charge in [0.1, 0.15) is 0 Å². The van der Waals surface area contributed by atoms with Gasteiger partial charge in [-0.3, -0.25) is 14.3 Å². The van der Waals surface area contributed by atoms with E-state index >= 15 is 0 Å². The van der Waals surface area contributed by atoms with Gasteiger partial charge in [-0.25, -0.2) is 0 Å². The Kier molecular flexibility index (Phi) is 4.56. The van der Waals surface area contributed by atoms with E-state index in [1.165, 1.54) is 6.42 Å². The van der Waals surface area contributed by atoms with E-state index in [9.17, 15) is 14.7 Å². The van der Waals surface area contributed by atoms with Crippen LogP contribution in [0.5, 0.6) is 0 Å². The summed E-state index contributed by atoms with van der Waals surface area (Å²) in [5, 5.41) is 18.0. The minimum Gasteiger partial charge on any atom is -0.453 e. The van der Waals surface area contributed by atoms with Crippen LogP contribution in [0.15, 0.2) is 0 Å². The number of nitrogens with zero attached hydrogens (tertiary/aromatic N) is 2. The maximum Gasteiger partial charge on any atom is 0.307 e. The third-order valence-electron chi connectivity index (χ3n) is 7.11. The quantitative estimate of drug-likeness (QED) is 0.755. The summed E-state index contributed by atoms with van der Waals surface area (Å²) in [5.74, 6) is 0.358. The van der Waals surface area contributed by atoms with Crippen molar-refractivity contribution in [2.45, 2.75) is 77.4 Å².